The molecule has 0 bridgehead atoms. The summed E-state index contributed by atoms with van der Waals surface area (Å²) >= 11 is 0. The Balaban J connectivity index is 1.98. The van der Waals surface area contributed by atoms with Crippen LogP contribution in [0, 0.1) is 11.6 Å². The number of benzene rings is 2. The van der Waals surface area contributed by atoms with E-state index in [1.165, 1.54) is 17.2 Å². The summed E-state index contributed by atoms with van der Waals surface area (Å²) in [6, 6.07) is 12.4. The first-order chi connectivity index (χ1) is 9.22. The lowest BCUT2D eigenvalue weighted by Gasteiger charge is -2.10. The smallest absolute Gasteiger partial charge is 0.163 e. The number of hydrogen-bond acceptors (Lipinski definition) is 1. The number of aryl methyl sites for hydroxylation is 1. The molecular weight excluding hydrogens is 244 g/mol. The van der Waals surface area contributed by atoms with Gasteiger partial charge >= 0.3 is 0 Å². The lowest BCUT2D eigenvalue weighted by molar-refractivity contribution is 0.492. The van der Waals surface area contributed by atoms with Gasteiger partial charge < -0.3 is 5.32 Å². The van der Waals surface area contributed by atoms with Gasteiger partial charge in [-0.25, -0.2) is 8.78 Å². The first kappa shape index (κ1) is 13.7. The summed E-state index contributed by atoms with van der Waals surface area (Å²) in [5.41, 5.74) is 2.82. The Bertz CT molecular complexity index is 552. The van der Waals surface area contributed by atoms with E-state index in [2.05, 4.69) is 18.3 Å². The third kappa shape index (κ3) is 3.38. The maximum Gasteiger partial charge on any atom is 0.163 e. The molecule has 0 aromatic heterocycles. The second-order valence-electron chi connectivity index (χ2n) is 4.44. The van der Waals surface area contributed by atoms with E-state index >= 15 is 0 Å². The van der Waals surface area contributed by atoms with E-state index in [9.17, 15) is 8.78 Å². The molecule has 0 aliphatic rings. The van der Waals surface area contributed by atoms with E-state index in [0.717, 1.165) is 12.5 Å². The SMILES string of the molecule is CCc1ccccc1CNCc1cccc(F)c1F. The van der Waals surface area contributed by atoms with Gasteiger partial charge in [0.1, 0.15) is 0 Å². The number of rotatable bonds is 5. The van der Waals surface area contributed by atoms with Crippen LogP contribution in [-0.4, -0.2) is 0 Å². The van der Waals surface area contributed by atoms with Gasteiger partial charge in [-0.05, 0) is 23.6 Å². The molecule has 0 heterocycles. The van der Waals surface area contributed by atoms with Gasteiger partial charge in [0.2, 0.25) is 0 Å². The summed E-state index contributed by atoms with van der Waals surface area (Å²) in [6.07, 6.45) is 0.964. The zero-order valence-corrected chi connectivity index (χ0v) is 10.9. The highest BCUT2D eigenvalue weighted by Gasteiger charge is 2.07. The van der Waals surface area contributed by atoms with Crippen LogP contribution in [0.3, 0.4) is 0 Å². The second kappa shape index (κ2) is 6.43. The van der Waals surface area contributed by atoms with Crippen molar-refractivity contribution in [1.82, 2.24) is 5.32 Å². The molecule has 3 heteroatoms. The highest BCUT2D eigenvalue weighted by Crippen LogP contribution is 2.12. The molecule has 2 aromatic carbocycles. The van der Waals surface area contributed by atoms with Gasteiger partial charge in [-0.15, -0.1) is 0 Å². The van der Waals surface area contributed by atoms with Crippen LogP contribution < -0.4 is 5.32 Å². The van der Waals surface area contributed by atoms with Crippen LogP contribution in [0.25, 0.3) is 0 Å². The Kier molecular flexibility index (Phi) is 4.63. The third-order valence-electron chi connectivity index (χ3n) is 3.16. The van der Waals surface area contributed by atoms with Gasteiger partial charge in [0.15, 0.2) is 11.6 Å². The van der Waals surface area contributed by atoms with E-state index in [-0.39, 0.29) is 0 Å². The van der Waals surface area contributed by atoms with E-state index in [1.54, 1.807) is 6.07 Å². The van der Waals surface area contributed by atoms with Crippen LogP contribution >= 0.6 is 0 Å². The minimum Gasteiger partial charge on any atom is -0.308 e. The van der Waals surface area contributed by atoms with E-state index in [1.807, 2.05) is 18.2 Å². The van der Waals surface area contributed by atoms with Crippen molar-refractivity contribution in [3.63, 3.8) is 0 Å². The van der Waals surface area contributed by atoms with Gasteiger partial charge in [0, 0.05) is 18.7 Å². The van der Waals surface area contributed by atoms with Gasteiger partial charge in [-0.2, -0.15) is 0 Å². The highest BCUT2D eigenvalue weighted by atomic mass is 19.2. The van der Waals surface area contributed by atoms with Crippen molar-refractivity contribution in [2.45, 2.75) is 26.4 Å². The molecule has 1 nitrogen and oxygen atoms in total. The summed E-state index contributed by atoms with van der Waals surface area (Å²) < 4.78 is 26.5. The number of nitrogens with one attached hydrogen (secondary N) is 1. The fourth-order valence-corrected chi connectivity index (χ4v) is 2.09. The highest BCUT2D eigenvalue weighted by molar-refractivity contribution is 5.27. The lowest BCUT2D eigenvalue weighted by atomic mass is 10.1. The van der Waals surface area contributed by atoms with Crippen molar-refractivity contribution in [2.24, 2.45) is 0 Å². The van der Waals surface area contributed by atoms with Crippen molar-refractivity contribution in [3.8, 4) is 0 Å². The molecule has 100 valence electrons. The van der Waals surface area contributed by atoms with Crippen molar-refractivity contribution < 1.29 is 8.78 Å². The quantitative estimate of drug-likeness (QED) is 0.862. The largest absolute Gasteiger partial charge is 0.308 e. The molecule has 2 aromatic rings. The molecule has 0 saturated carbocycles. The topological polar surface area (TPSA) is 12.0 Å². The van der Waals surface area contributed by atoms with Crippen LogP contribution in [0.15, 0.2) is 42.5 Å². The summed E-state index contributed by atoms with van der Waals surface area (Å²) in [6.45, 7) is 3.08. The molecule has 2 rings (SSSR count). The predicted molar refractivity (Wildman–Crippen MR) is 72.7 cm³/mol. The van der Waals surface area contributed by atoms with Gasteiger partial charge in [-0.3, -0.25) is 0 Å². The zero-order chi connectivity index (χ0) is 13.7. The van der Waals surface area contributed by atoms with Crippen molar-refractivity contribution in [1.29, 1.82) is 0 Å². The Hall–Kier alpha value is -1.74. The Morgan fingerprint density at radius 2 is 1.47 bits per heavy atom. The molecule has 1 N–H and O–H groups in total. The summed E-state index contributed by atoms with van der Waals surface area (Å²) in [5.74, 6) is -1.56. The number of hydrogen-bond donors (Lipinski definition) is 1. The molecule has 0 fully saturated rings. The molecule has 0 aliphatic heterocycles. The molecule has 0 aliphatic carbocycles. The van der Waals surface area contributed by atoms with Gasteiger partial charge in [0.05, 0.1) is 0 Å². The van der Waals surface area contributed by atoms with Gasteiger partial charge in [0.25, 0.3) is 0 Å². The summed E-state index contributed by atoms with van der Waals surface area (Å²) in [7, 11) is 0. The first-order valence-electron chi connectivity index (χ1n) is 6.42. The lowest BCUT2D eigenvalue weighted by Crippen LogP contribution is -2.15. The fraction of sp³-hybridized carbons (Fsp3) is 0.250. The molecule has 0 radical (unpaired) electrons. The van der Waals surface area contributed by atoms with Crippen molar-refractivity contribution >= 4 is 0 Å². The Morgan fingerprint density at radius 3 is 2.21 bits per heavy atom. The molecule has 19 heavy (non-hydrogen) atoms. The van der Waals surface area contributed by atoms with E-state index in [0.29, 0.717) is 18.7 Å². The number of halogens is 2. The second-order valence-corrected chi connectivity index (χ2v) is 4.44. The molecule has 0 spiro atoms. The first-order valence-corrected chi connectivity index (χ1v) is 6.42. The fourth-order valence-electron chi connectivity index (χ4n) is 2.09. The maximum absolute atomic E-state index is 13.5. The van der Waals surface area contributed by atoms with Crippen LogP contribution in [0.4, 0.5) is 8.78 Å². The minimum absolute atomic E-state index is 0.321. The third-order valence-corrected chi connectivity index (χ3v) is 3.16. The monoisotopic (exact) mass is 261 g/mol. The van der Waals surface area contributed by atoms with Gasteiger partial charge in [-0.1, -0.05) is 43.3 Å². The molecule has 0 saturated heterocycles. The molecule has 0 unspecified atom stereocenters. The molecule has 0 atom stereocenters. The van der Waals surface area contributed by atoms with Crippen LogP contribution in [0.1, 0.15) is 23.6 Å². The average molecular weight is 261 g/mol. The summed E-state index contributed by atoms with van der Waals surface area (Å²) in [4.78, 5) is 0. The van der Waals surface area contributed by atoms with Crippen molar-refractivity contribution in [2.75, 3.05) is 0 Å². The standard InChI is InChI=1S/C16H17F2N/c1-2-12-6-3-4-7-13(12)10-19-11-14-8-5-9-15(17)16(14)18/h3-9,19H,2,10-11H2,1H3. The Labute approximate surface area is 112 Å². The average Bonchev–Trinajstić information content (AvgIpc) is 2.44. The normalized spacial score (nSPS) is 10.7. The van der Waals surface area contributed by atoms with Crippen LogP contribution in [0.2, 0.25) is 0 Å². The van der Waals surface area contributed by atoms with E-state index in [4.69, 9.17) is 0 Å². The minimum atomic E-state index is -0.798. The summed E-state index contributed by atoms with van der Waals surface area (Å²) in [5, 5.41) is 3.15. The Morgan fingerprint density at radius 1 is 0.842 bits per heavy atom. The predicted octanol–water partition coefficient (Wildman–Crippen LogP) is 3.82. The van der Waals surface area contributed by atoms with Crippen LogP contribution in [-0.2, 0) is 19.5 Å². The zero-order valence-electron chi connectivity index (χ0n) is 10.9. The molecule has 0 amide bonds. The van der Waals surface area contributed by atoms with Crippen molar-refractivity contribution in [3.05, 3.63) is 70.8 Å². The van der Waals surface area contributed by atoms with Crippen LogP contribution in [0.5, 0.6) is 0 Å². The maximum atomic E-state index is 13.5. The molecular formula is C16H17F2N. The van der Waals surface area contributed by atoms with E-state index < -0.39 is 11.6 Å².